The summed E-state index contributed by atoms with van der Waals surface area (Å²) in [5.41, 5.74) is 0.848. The van der Waals surface area contributed by atoms with Crippen LogP contribution in [0.25, 0.3) is 10.8 Å². The van der Waals surface area contributed by atoms with Crippen LogP contribution in [-0.4, -0.2) is 41.9 Å². The Kier molecular flexibility index (Phi) is 5.87. The van der Waals surface area contributed by atoms with Crippen LogP contribution in [0.2, 0.25) is 0 Å². The number of benzene rings is 1. The summed E-state index contributed by atoms with van der Waals surface area (Å²) in [6.45, 7) is 2.11. The minimum absolute atomic E-state index is 0.0823. The molecule has 1 aromatic carbocycles. The molecule has 0 unspecified atom stereocenters. The zero-order valence-electron chi connectivity index (χ0n) is 15.0. The molecule has 2 amide bonds. The maximum Gasteiger partial charge on any atom is 0.273 e. The average Bonchev–Trinajstić information content (AvgIpc) is 3.37. The molecule has 27 heavy (non-hydrogen) atoms. The first kappa shape index (κ1) is 18.7. The zero-order chi connectivity index (χ0) is 19.2. The summed E-state index contributed by atoms with van der Waals surface area (Å²) in [6, 6.07) is 10.7. The Morgan fingerprint density at radius 1 is 1.26 bits per heavy atom. The Morgan fingerprint density at radius 2 is 2.07 bits per heavy atom. The molecule has 3 aromatic rings. The van der Waals surface area contributed by atoms with Gasteiger partial charge in [0.25, 0.3) is 5.91 Å². The summed E-state index contributed by atoms with van der Waals surface area (Å²) in [6.07, 6.45) is 1.55. The molecule has 3 rings (SSSR count). The summed E-state index contributed by atoms with van der Waals surface area (Å²) in [5, 5.41) is 5.06. The summed E-state index contributed by atoms with van der Waals surface area (Å²) in [7, 11) is 1.53. The highest BCUT2D eigenvalue weighted by Crippen LogP contribution is 2.25. The third kappa shape index (κ3) is 4.35. The molecule has 0 aliphatic carbocycles. The van der Waals surface area contributed by atoms with Gasteiger partial charge in [0.05, 0.1) is 19.1 Å². The fourth-order valence-corrected chi connectivity index (χ4v) is 3.25. The lowest BCUT2D eigenvalue weighted by atomic mass is 10.3. The molecule has 8 heteroatoms. The van der Waals surface area contributed by atoms with Gasteiger partial charge in [-0.1, -0.05) is 12.1 Å². The normalized spacial score (nSPS) is 10.4. The standard InChI is InChI=1S/C19H19N3O4S/c1-3-22(11-17(23)20-13-7-4-5-8-15(13)25-2)19(24)14-12-27-18(21-14)16-9-6-10-26-16/h4-10,12H,3,11H2,1-2H3,(H,20,23). The van der Waals surface area contributed by atoms with Crippen molar-refractivity contribution < 1.29 is 18.7 Å². The van der Waals surface area contributed by atoms with Crippen LogP contribution in [0.4, 0.5) is 5.69 Å². The number of carbonyl (C=O) groups is 2. The molecule has 0 saturated heterocycles. The molecular formula is C19H19N3O4S. The van der Waals surface area contributed by atoms with E-state index in [1.807, 2.05) is 13.0 Å². The van der Waals surface area contributed by atoms with Gasteiger partial charge in [0.15, 0.2) is 10.8 Å². The average molecular weight is 385 g/mol. The van der Waals surface area contributed by atoms with Crippen molar-refractivity contribution in [2.45, 2.75) is 6.92 Å². The van der Waals surface area contributed by atoms with Crippen molar-refractivity contribution in [2.75, 3.05) is 25.5 Å². The van der Waals surface area contributed by atoms with Gasteiger partial charge in [0.2, 0.25) is 5.91 Å². The smallest absolute Gasteiger partial charge is 0.273 e. The fourth-order valence-electron chi connectivity index (χ4n) is 2.49. The first-order chi connectivity index (χ1) is 13.1. The van der Waals surface area contributed by atoms with Crippen LogP contribution in [0.1, 0.15) is 17.4 Å². The number of hydrogen-bond acceptors (Lipinski definition) is 6. The Morgan fingerprint density at radius 3 is 2.78 bits per heavy atom. The number of methoxy groups -OCH3 is 1. The first-order valence-electron chi connectivity index (χ1n) is 8.34. The number of rotatable bonds is 7. The van der Waals surface area contributed by atoms with Crippen LogP contribution in [0.15, 0.2) is 52.5 Å². The molecule has 2 aromatic heterocycles. The van der Waals surface area contributed by atoms with Crippen LogP contribution in [0, 0.1) is 0 Å². The first-order valence-corrected chi connectivity index (χ1v) is 9.22. The summed E-state index contributed by atoms with van der Waals surface area (Å²) >= 11 is 1.32. The minimum atomic E-state index is -0.309. The van der Waals surface area contributed by atoms with E-state index < -0.39 is 0 Å². The Bertz CT molecular complexity index is 921. The van der Waals surface area contributed by atoms with Gasteiger partial charge < -0.3 is 19.4 Å². The summed E-state index contributed by atoms with van der Waals surface area (Å²) < 4.78 is 10.5. The molecule has 0 aliphatic heterocycles. The van der Waals surface area contributed by atoms with E-state index >= 15 is 0 Å². The summed E-state index contributed by atoms with van der Waals surface area (Å²) in [4.78, 5) is 30.8. The van der Waals surface area contributed by atoms with Gasteiger partial charge >= 0.3 is 0 Å². The number of amides is 2. The third-order valence-electron chi connectivity index (χ3n) is 3.84. The topological polar surface area (TPSA) is 84.7 Å². The largest absolute Gasteiger partial charge is 0.495 e. The van der Waals surface area contributed by atoms with Crippen LogP contribution in [0.5, 0.6) is 5.75 Å². The third-order valence-corrected chi connectivity index (χ3v) is 4.70. The molecule has 1 N–H and O–H groups in total. The molecule has 0 bridgehead atoms. The lowest BCUT2D eigenvalue weighted by Crippen LogP contribution is -2.38. The number of nitrogens with zero attached hydrogens (tertiary/aromatic N) is 2. The van der Waals surface area contributed by atoms with Crippen LogP contribution in [-0.2, 0) is 4.79 Å². The predicted molar refractivity (Wildman–Crippen MR) is 103 cm³/mol. The highest BCUT2D eigenvalue weighted by atomic mass is 32.1. The van der Waals surface area contributed by atoms with Crippen molar-refractivity contribution in [1.82, 2.24) is 9.88 Å². The maximum atomic E-state index is 12.7. The van der Waals surface area contributed by atoms with Crippen LogP contribution >= 0.6 is 11.3 Å². The maximum absolute atomic E-state index is 12.7. The second-order valence-corrected chi connectivity index (χ2v) is 6.44. The predicted octanol–water partition coefficient (Wildman–Crippen LogP) is 3.51. The number of hydrogen-bond donors (Lipinski definition) is 1. The molecule has 0 spiro atoms. The van der Waals surface area contributed by atoms with Gasteiger partial charge in [0, 0.05) is 11.9 Å². The molecule has 140 valence electrons. The van der Waals surface area contributed by atoms with Crippen molar-refractivity contribution in [3.05, 3.63) is 53.7 Å². The van der Waals surface area contributed by atoms with E-state index in [2.05, 4.69) is 10.3 Å². The Hall–Kier alpha value is -3.13. The SMILES string of the molecule is CCN(CC(=O)Nc1ccccc1OC)C(=O)c1csc(-c2ccco2)n1. The number of aromatic nitrogens is 1. The Labute approximate surface area is 160 Å². The van der Waals surface area contributed by atoms with Gasteiger partial charge in [-0.3, -0.25) is 9.59 Å². The number of thiazole rings is 1. The monoisotopic (exact) mass is 385 g/mol. The minimum Gasteiger partial charge on any atom is -0.495 e. The van der Waals surface area contributed by atoms with Gasteiger partial charge in [-0.15, -0.1) is 11.3 Å². The molecule has 7 nitrogen and oxygen atoms in total. The second kappa shape index (κ2) is 8.50. The van der Waals surface area contributed by atoms with E-state index in [1.165, 1.54) is 23.3 Å². The van der Waals surface area contributed by atoms with E-state index in [0.29, 0.717) is 34.4 Å². The van der Waals surface area contributed by atoms with E-state index in [4.69, 9.17) is 9.15 Å². The zero-order valence-corrected chi connectivity index (χ0v) is 15.8. The number of ether oxygens (including phenoxy) is 1. The fraction of sp³-hybridized carbons (Fsp3) is 0.211. The molecule has 2 heterocycles. The molecule has 0 atom stereocenters. The molecule has 0 aliphatic rings. The second-order valence-electron chi connectivity index (χ2n) is 5.58. The van der Waals surface area contributed by atoms with Gasteiger partial charge in [-0.2, -0.15) is 0 Å². The van der Waals surface area contributed by atoms with Crippen LogP contribution in [0.3, 0.4) is 0 Å². The number of likely N-dealkylation sites (N-methyl/N-ethyl adjacent to an activating group) is 1. The van der Waals surface area contributed by atoms with Crippen molar-refractivity contribution in [3.63, 3.8) is 0 Å². The van der Waals surface area contributed by atoms with Crippen molar-refractivity contribution in [1.29, 1.82) is 0 Å². The van der Waals surface area contributed by atoms with Gasteiger partial charge in [-0.25, -0.2) is 4.98 Å². The summed E-state index contributed by atoms with van der Waals surface area (Å²) in [5.74, 6) is 0.553. The van der Waals surface area contributed by atoms with Crippen molar-refractivity contribution in [2.24, 2.45) is 0 Å². The van der Waals surface area contributed by atoms with Gasteiger partial charge in [-0.05, 0) is 31.2 Å². The number of carbonyl (C=O) groups excluding carboxylic acids is 2. The Balaban J connectivity index is 1.67. The molecular weight excluding hydrogens is 366 g/mol. The lowest BCUT2D eigenvalue weighted by Gasteiger charge is -2.19. The number of anilines is 1. The van der Waals surface area contributed by atoms with E-state index in [-0.39, 0.29) is 18.4 Å². The van der Waals surface area contributed by atoms with E-state index in [1.54, 1.807) is 42.0 Å². The van der Waals surface area contributed by atoms with Crippen LogP contribution < -0.4 is 10.1 Å². The highest BCUT2D eigenvalue weighted by molar-refractivity contribution is 7.13. The van der Waals surface area contributed by atoms with Gasteiger partial charge in [0.1, 0.15) is 18.0 Å². The van der Waals surface area contributed by atoms with Crippen molar-refractivity contribution >= 4 is 28.8 Å². The quantitative estimate of drug-likeness (QED) is 0.673. The van der Waals surface area contributed by atoms with E-state index in [9.17, 15) is 9.59 Å². The lowest BCUT2D eigenvalue weighted by molar-refractivity contribution is -0.116. The molecule has 0 radical (unpaired) electrons. The number of para-hydroxylation sites is 2. The molecule has 0 saturated carbocycles. The molecule has 0 fully saturated rings. The number of nitrogens with one attached hydrogen (secondary N) is 1. The highest BCUT2D eigenvalue weighted by Gasteiger charge is 2.21. The van der Waals surface area contributed by atoms with Crippen molar-refractivity contribution in [3.8, 4) is 16.5 Å². The number of furan rings is 1. The van der Waals surface area contributed by atoms with E-state index in [0.717, 1.165) is 0 Å².